The van der Waals surface area contributed by atoms with Gasteiger partial charge in [0, 0.05) is 0 Å². The fraction of sp³-hybridized carbons (Fsp3) is 0.300. The molecule has 3 rings (SSSR count). The lowest BCUT2D eigenvalue weighted by Crippen LogP contribution is -2.11. The molecule has 1 aliphatic carbocycles. The maximum Gasteiger partial charge on any atom is 0.337 e. The average Bonchev–Trinajstić information content (AvgIpc) is 3.15. The molecule has 6 heteroatoms. The number of carboxylic acid groups (broad SMARTS) is 1. The van der Waals surface area contributed by atoms with Gasteiger partial charge in [-0.25, -0.2) is 4.79 Å². The van der Waals surface area contributed by atoms with E-state index >= 15 is 0 Å². The summed E-state index contributed by atoms with van der Waals surface area (Å²) >= 11 is 0. The van der Waals surface area contributed by atoms with E-state index in [1.807, 2.05) is 18.2 Å². The zero-order valence-corrected chi connectivity index (χ0v) is 14.6. The minimum atomic E-state index is -1.00. The molecule has 0 aliphatic heterocycles. The summed E-state index contributed by atoms with van der Waals surface area (Å²) in [6.45, 7) is 0. The zero-order valence-electron chi connectivity index (χ0n) is 14.6. The summed E-state index contributed by atoms with van der Waals surface area (Å²) in [4.78, 5) is 11.2. The summed E-state index contributed by atoms with van der Waals surface area (Å²) < 4.78 is 11.4. The normalized spacial score (nSPS) is 14.5. The number of nitrogens with zero attached hydrogens (tertiary/aromatic N) is 1. The molecule has 26 heavy (non-hydrogen) atoms. The lowest BCUT2D eigenvalue weighted by atomic mass is 10.2. The maximum absolute atomic E-state index is 11.2. The van der Waals surface area contributed by atoms with Crippen LogP contribution in [-0.4, -0.2) is 30.5 Å². The molecule has 0 bridgehead atoms. The van der Waals surface area contributed by atoms with Crippen LogP contribution in [0.1, 0.15) is 41.6 Å². The van der Waals surface area contributed by atoms with E-state index in [1.165, 1.54) is 18.9 Å². The fourth-order valence-electron chi connectivity index (χ4n) is 2.99. The molecule has 136 valence electrons. The highest BCUT2D eigenvalue weighted by Crippen LogP contribution is 2.32. The van der Waals surface area contributed by atoms with Gasteiger partial charge in [0.15, 0.2) is 11.5 Å². The molecular formula is C20H22N2O4. The predicted molar refractivity (Wildman–Crippen MR) is 100 cm³/mol. The van der Waals surface area contributed by atoms with Crippen molar-refractivity contribution in [2.75, 3.05) is 12.5 Å². The topological polar surface area (TPSA) is 80.2 Å². The van der Waals surface area contributed by atoms with Gasteiger partial charge in [-0.15, -0.1) is 0 Å². The monoisotopic (exact) mass is 354 g/mol. The first-order valence-electron chi connectivity index (χ1n) is 8.63. The summed E-state index contributed by atoms with van der Waals surface area (Å²) in [5.74, 6) is 0.396. The number of hydrogen-bond donors (Lipinski definition) is 2. The smallest absolute Gasteiger partial charge is 0.337 e. The van der Waals surface area contributed by atoms with Crippen LogP contribution in [0.4, 0.5) is 5.69 Å². The minimum absolute atomic E-state index is 0.171. The Morgan fingerprint density at radius 3 is 2.69 bits per heavy atom. The van der Waals surface area contributed by atoms with Crippen molar-refractivity contribution < 1.29 is 19.4 Å². The van der Waals surface area contributed by atoms with Crippen molar-refractivity contribution in [1.82, 2.24) is 0 Å². The number of para-hydroxylation sites is 1. The first kappa shape index (κ1) is 17.8. The average molecular weight is 354 g/mol. The van der Waals surface area contributed by atoms with E-state index in [0.29, 0.717) is 17.2 Å². The second-order valence-electron chi connectivity index (χ2n) is 6.16. The van der Waals surface area contributed by atoms with Gasteiger partial charge in [-0.2, -0.15) is 5.10 Å². The Morgan fingerprint density at radius 1 is 1.19 bits per heavy atom. The summed E-state index contributed by atoms with van der Waals surface area (Å²) in [7, 11) is 1.62. The van der Waals surface area contributed by atoms with Gasteiger partial charge in [0.2, 0.25) is 0 Å². The largest absolute Gasteiger partial charge is 0.493 e. The molecule has 2 aromatic carbocycles. The summed E-state index contributed by atoms with van der Waals surface area (Å²) in [5.41, 5.74) is 4.22. The second kappa shape index (κ2) is 8.38. The fourth-order valence-corrected chi connectivity index (χ4v) is 2.99. The molecule has 0 amide bonds. The molecule has 0 saturated heterocycles. The van der Waals surface area contributed by atoms with Crippen molar-refractivity contribution in [1.29, 1.82) is 0 Å². The van der Waals surface area contributed by atoms with E-state index in [1.54, 1.807) is 31.5 Å². The Morgan fingerprint density at radius 2 is 1.96 bits per heavy atom. The molecule has 0 aromatic heterocycles. The van der Waals surface area contributed by atoms with E-state index in [0.717, 1.165) is 18.4 Å². The molecular weight excluding hydrogens is 332 g/mol. The van der Waals surface area contributed by atoms with Crippen LogP contribution in [0, 0.1) is 0 Å². The molecule has 1 saturated carbocycles. The molecule has 1 aliphatic rings. The van der Waals surface area contributed by atoms with Gasteiger partial charge >= 0.3 is 5.97 Å². The van der Waals surface area contributed by atoms with E-state index in [9.17, 15) is 9.90 Å². The number of anilines is 1. The number of carboxylic acids is 1. The van der Waals surface area contributed by atoms with Crippen LogP contribution >= 0.6 is 0 Å². The summed E-state index contributed by atoms with van der Waals surface area (Å²) in [6, 6.07) is 12.2. The third-order valence-corrected chi connectivity index (χ3v) is 4.34. The van der Waals surface area contributed by atoms with Gasteiger partial charge < -0.3 is 14.6 Å². The second-order valence-corrected chi connectivity index (χ2v) is 6.16. The van der Waals surface area contributed by atoms with Crippen LogP contribution in [0.25, 0.3) is 0 Å². The number of aromatic carboxylic acids is 1. The highest BCUT2D eigenvalue weighted by atomic mass is 16.5. The van der Waals surface area contributed by atoms with Crippen molar-refractivity contribution in [3.05, 3.63) is 53.6 Å². The van der Waals surface area contributed by atoms with E-state index < -0.39 is 5.97 Å². The molecule has 1 fully saturated rings. The lowest BCUT2D eigenvalue weighted by Gasteiger charge is -2.16. The van der Waals surface area contributed by atoms with E-state index in [4.69, 9.17) is 9.47 Å². The quantitative estimate of drug-likeness (QED) is 0.576. The highest BCUT2D eigenvalue weighted by Gasteiger charge is 2.18. The van der Waals surface area contributed by atoms with Crippen molar-refractivity contribution in [3.8, 4) is 11.5 Å². The standard InChI is InChI=1S/C20H22N2O4/c1-25-18-11-10-14(12-19(18)26-15-6-2-3-7-15)13-21-22-17-9-5-4-8-16(17)20(23)24/h4-5,8-13,15,22H,2-3,6-7H2,1H3,(H,23,24)/b21-13+. The SMILES string of the molecule is COc1ccc(/C=N/Nc2ccccc2C(=O)O)cc1OC1CCCC1. The van der Waals surface area contributed by atoms with Crippen LogP contribution in [-0.2, 0) is 0 Å². The first-order chi connectivity index (χ1) is 12.7. The van der Waals surface area contributed by atoms with Gasteiger partial charge in [-0.05, 0) is 61.6 Å². The van der Waals surface area contributed by atoms with Gasteiger partial charge in [-0.1, -0.05) is 12.1 Å². The Bertz CT molecular complexity index is 798. The Labute approximate surface area is 152 Å². The van der Waals surface area contributed by atoms with Gasteiger partial charge in [0.1, 0.15) is 0 Å². The minimum Gasteiger partial charge on any atom is -0.493 e. The third-order valence-electron chi connectivity index (χ3n) is 4.34. The van der Waals surface area contributed by atoms with Gasteiger partial charge in [0.25, 0.3) is 0 Å². The molecule has 0 unspecified atom stereocenters. The van der Waals surface area contributed by atoms with Crippen LogP contribution < -0.4 is 14.9 Å². The number of rotatable bonds is 7. The number of benzene rings is 2. The summed E-state index contributed by atoms with van der Waals surface area (Å²) in [6.07, 6.45) is 6.38. The number of nitrogens with one attached hydrogen (secondary N) is 1. The molecule has 0 heterocycles. The molecule has 0 atom stereocenters. The van der Waals surface area contributed by atoms with Crippen LogP contribution in [0.5, 0.6) is 11.5 Å². The number of ether oxygens (including phenoxy) is 2. The van der Waals surface area contributed by atoms with Crippen LogP contribution in [0.2, 0.25) is 0 Å². The van der Waals surface area contributed by atoms with Crippen LogP contribution in [0.3, 0.4) is 0 Å². The Hall–Kier alpha value is -3.02. The zero-order chi connectivity index (χ0) is 18.4. The number of carbonyl (C=O) groups is 1. The molecule has 0 radical (unpaired) electrons. The number of hydrazone groups is 1. The predicted octanol–water partition coefficient (Wildman–Crippen LogP) is 4.16. The first-order valence-corrected chi connectivity index (χ1v) is 8.63. The highest BCUT2D eigenvalue weighted by molar-refractivity contribution is 5.94. The summed E-state index contributed by atoms with van der Waals surface area (Å²) in [5, 5.41) is 13.3. The van der Waals surface area contributed by atoms with E-state index in [-0.39, 0.29) is 11.7 Å². The van der Waals surface area contributed by atoms with Crippen LogP contribution in [0.15, 0.2) is 47.6 Å². The van der Waals surface area contributed by atoms with Gasteiger partial charge in [-0.3, -0.25) is 5.43 Å². The Kier molecular flexibility index (Phi) is 5.73. The number of hydrogen-bond acceptors (Lipinski definition) is 5. The van der Waals surface area contributed by atoms with E-state index in [2.05, 4.69) is 10.5 Å². The Balaban J connectivity index is 1.73. The third kappa shape index (κ3) is 4.33. The molecule has 2 N–H and O–H groups in total. The van der Waals surface area contributed by atoms with Gasteiger partial charge in [0.05, 0.1) is 30.7 Å². The van der Waals surface area contributed by atoms with Crippen molar-refractivity contribution in [2.45, 2.75) is 31.8 Å². The van der Waals surface area contributed by atoms with Crippen molar-refractivity contribution >= 4 is 17.9 Å². The molecule has 0 spiro atoms. The van der Waals surface area contributed by atoms with Crippen molar-refractivity contribution in [2.24, 2.45) is 5.10 Å². The number of methoxy groups -OCH3 is 1. The molecule has 2 aromatic rings. The lowest BCUT2D eigenvalue weighted by molar-refractivity contribution is 0.0698. The maximum atomic E-state index is 11.2. The molecule has 6 nitrogen and oxygen atoms in total. The van der Waals surface area contributed by atoms with Crippen molar-refractivity contribution in [3.63, 3.8) is 0 Å².